The number of hydrogen-bond acceptors (Lipinski definition) is 4. The van der Waals surface area contributed by atoms with Gasteiger partial charge in [0.15, 0.2) is 5.96 Å². The SMILES string of the molecule is CCNC(=NCc1nc(C)c(C)o1)NC(C)COC. The number of hydrogen-bond donors (Lipinski definition) is 2. The largest absolute Gasteiger partial charge is 0.444 e. The Morgan fingerprint density at radius 1 is 1.47 bits per heavy atom. The van der Waals surface area contributed by atoms with Crippen molar-refractivity contribution in [2.45, 2.75) is 40.3 Å². The van der Waals surface area contributed by atoms with Crippen molar-refractivity contribution in [1.82, 2.24) is 15.6 Å². The molecule has 1 rings (SSSR count). The molecule has 6 heteroatoms. The Hall–Kier alpha value is -1.56. The number of aliphatic imine (C=N–C) groups is 1. The lowest BCUT2D eigenvalue weighted by Gasteiger charge is -2.16. The van der Waals surface area contributed by atoms with E-state index in [1.165, 1.54) is 0 Å². The molecule has 108 valence electrons. The minimum Gasteiger partial charge on any atom is -0.444 e. The van der Waals surface area contributed by atoms with Gasteiger partial charge in [0.25, 0.3) is 0 Å². The molecular formula is C13H24N4O2. The molecule has 0 saturated heterocycles. The van der Waals surface area contributed by atoms with Crippen molar-refractivity contribution < 1.29 is 9.15 Å². The lowest BCUT2D eigenvalue weighted by Crippen LogP contribution is -2.43. The first kappa shape index (κ1) is 15.5. The van der Waals surface area contributed by atoms with E-state index in [4.69, 9.17) is 9.15 Å². The third kappa shape index (κ3) is 5.30. The maximum atomic E-state index is 5.50. The van der Waals surface area contributed by atoms with E-state index < -0.39 is 0 Å². The fourth-order valence-corrected chi connectivity index (χ4v) is 1.60. The summed E-state index contributed by atoms with van der Waals surface area (Å²) in [6.45, 7) is 9.74. The number of aryl methyl sites for hydroxylation is 2. The van der Waals surface area contributed by atoms with Crippen LogP contribution < -0.4 is 10.6 Å². The van der Waals surface area contributed by atoms with E-state index in [1.54, 1.807) is 7.11 Å². The van der Waals surface area contributed by atoms with E-state index in [1.807, 2.05) is 27.7 Å². The quantitative estimate of drug-likeness (QED) is 0.602. The number of rotatable bonds is 6. The zero-order chi connectivity index (χ0) is 14.3. The highest BCUT2D eigenvalue weighted by molar-refractivity contribution is 5.79. The van der Waals surface area contributed by atoms with E-state index in [9.17, 15) is 0 Å². The van der Waals surface area contributed by atoms with Crippen molar-refractivity contribution in [2.24, 2.45) is 4.99 Å². The van der Waals surface area contributed by atoms with Crippen LogP contribution in [-0.2, 0) is 11.3 Å². The summed E-state index contributed by atoms with van der Waals surface area (Å²) in [6.07, 6.45) is 0. The summed E-state index contributed by atoms with van der Waals surface area (Å²) >= 11 is 0. The van der Waals surface area contributed by atoms with Crippen LogP contribution in [0.5, 0.6) is 0 Å². The predicted molar refractivity (Wildman–Crippen MR) is 75.3 cm³/mol. The Bertz CT molecular complexity index is 395. The average molecular weight is 268 g/mol. The number of guanidine groups is 1. The first-order chi connectivity index (χ1) is 9.06. The minimum absolute atomic E-state index is 0.191. The van der Waals surface area contributed by atoms with Gasteiger partial charge >= 0.3 is 0 Å². The van der Waals surface area contributed by atoms with Crippen LogP contribution in [0.4, 0.5) is 0 Å². The van der Waals surface area contributed by atoms with Crippen LogP contribution in [0.1, 0.15) is 31.2 Å². The minimum atomic E-state index is 0.191. The van der Waals surface area contributed by atoms with Gasteiger partial charge in [0.2, 0.25) is 5.89 Å². The zero-order valence-corrected chi connectivity index (χ0v) is 12.4. The molecule has 2 N–H and O–H groups in total. The van der Waals surface area contributed by atoms with Crippen molar-refractivity contribution in [1.29, 1.82) is 0 Å². The molecule has 1 atom stereocenters. The van der Waals surface area contributed by atoms with Crippen LogP contribution in [0, 0.1) is 13.8 Å². The van der Waals surface area contributed by atoms with Crippen molar-refractivity contribution in [3.8, 4) is 0 Å². The molecule has 1 aromatic rings. The number of nitrogens with one attached hydrogen (secondary N) is 2. The average Bonchev–Trinajstić information content (AvgIpc) is 2.66. The van der Waals surface area contributed by atoms with Gasteiger partial charge < -0.3 is 19.8 Å². The highest BCUT2D eigenvalue weighted by Gasteiger charge is 2.07. The smallest absolute Gasteiger partial charge is 0.216 e. The van der Waals surface area contributed by atoms with E-state index >= 15 is 0 Å². The summed E-state index contributed by atoms with van der Waals surface area (Å²) in [5.41, 5.74) is 0.913. The van der Waals surface area contributed by atoms with Gasteiger partial charge in [0, 0.05) is 19.7 Å². The Kier molecular flexibility index (Phi) is 6.35. The first-order valence-electron chi connectivity index (χ1n) is 6.53. The van der Waals surface area contributed by atoms with Crippen LogP contribution in [0.3, 0.4) is 0 Å². The second-order valence-corrected chi connectivity index (χ2v) is 4.45. The standard InChI is InChI=1S/C13H24N4O2/c1-6-14-13(16-9(2)8-18-5)15-7-12-17-10(3)11(4)19-12/h9H,6-8H2,1-5H3,(H2,14,15,16). The van der Waals surface area contributed by atoms with E-state index in [2.05, 4.69) is 20.6 Å². The second-order valence-electron chi connectivity index (χ2n) is 4.45. The van der Waals surface area contributed by atoms with Crippen LogP contribution in [0.15, 0.2) is 9.41 Å². The summed E-state index contributed by atoms with van der Waals surface area (Å²) < 4.78 is 10.6. The fourth-order valence-electron chi connectivity index (χ4n) is 1.60. The Morgan fingerprint density at radius 2 is 2.21 bits per heavy atom. The third-order valence-corrected chi connectivity index (χ3v) is 2.59. The highest BCUT2D eigenvalue weighted by Crippen LogP contribution is 2.08. The highest BCUT2D eigenvalue weighted by atomic mass is 16.5. The number of aromatic nitrogens is 1. The van der Waals surface area contributed by atoms with Gasteiger partial charge in [-0.2, -0.15) is 0 Å². The molecule has 0 aromatic carbocycles. The monoisotopic (exact) mass is 268 g/mol. The number of nitrogens with zero attached hydrogens (tertiary/aromatic N) is 2. The molecule has 0 aliphatic rings. The van der Waals surface area contributed by atoms with Crippen LogP contribution in [0.25, 0.3) is 0 Å². The normalized spacial score (nSPS) is 13.4. The van der Waals surface area contributed by atoms with Crippen LogP contribution in [-0.4, -0.2) is 37.2 Å². The summed E-state index contributed by atoms with van der Waals surface area (Å²) in [5.74, 6) is 2.21. The molecule has 0 radical (unpaired) electrons. The lowest BCUT2D eigenvalue weighted by molar-refractivity contribution is 0.179. The maximum Gasteiger partial charge on any atom is 0.216 e. The zero-order valence-electron chi connectivity index (χ0n) is 12.4. The summed E-state index contributed by atoms with van der Waals surface area (Å²) in [4.78, 5) is 8.75. The molecule has 19 heavy (non-hydrogen) atoms. The molecule has 1 heterocycles. The first-order valence-corrected chi connectivity index (χ1v) is 6.53. The van der Waals surface area contributed by atoms with Crippen LogP contribution in [0.2, 0.25) is 0 Å². The molecule has 0 aliphatic heterocycles. The van der Waals surface area contributed by atoms with Crippen molar-refractivity contribution in [3.05, 3.63) is 17.3 Å². The molecule has 0 bridgehead atoms. The summed E-state index contributed by atoms with van der Waals surface area (Å²) in [7, 11) is 1.68. The van der Waals surface area contributed by atoms with Gasteiger partial charge in [-0.3, -0.25) is 0 Å². The topological polar surface area (TPSA) is 71.7 Å². The van der Waals surface area contributed by atoms with Crippen LogP contribution >= 0.6 is 0 Å². The van der Waals surface area contributed by atoms with Crippen molar-refractivity contribution in [3.63, 3.8) is 0 Å². The Morgan fingerprint density at radius 3 is 2.74 bits per heavy atom. The van der Waals surface area contributed by atoms with E-state index in [0.717, 1.165) is 24.0 Å². The van der Waals surface area contributed by atoms with Gasteiger partial charge in [-0.1, -0.05) is 0 Å². The Labute approximate surface area is 114 Å². The van der Waals surface area contributed by atoms with Gasteiger partial charge in [0.1, 0.15) is 12.3 Å². The van der Waals surface area contributed by atoms with Crippen molar-refractivity contribution >= 4 is 5.96 Å². The molecule has 1 aromatic heterocycles. The molecule has 0 spiro atoms. The van der Waals surface area contributed by atoms with Gasteiger partial charge in [-0.15, -0.1) is 0 Å². The molecule has 6 nitrogen and oxygen atoms in total. The summed E-state index contributed by atoms with van der Waals surface area (Å²) in [6, 6.07) is 0.191. The molecule has 1 unspecified atom stereocenters. The molecular weight excluding hydrogens is 244 g/mol. The number of ether oxygens (including phenoxy) is 1. The van der Waals surface area contributed by atoms with Gasteiger partial charge in [-0.25, -0.2) is 9.98 Å². The molecule has 0 fully saturated rings. The fraction of sp³-hybridized carbons (Fsp3) is 0.692. The third-order valence-electron chi connectivity index (χ3n) is 2.59. The molecule has 0 saturated carbocycles. The van der Waals surface area contributed by atoms with Crippen molar-refractivity contribution in [2.75, 3.05) is 20.3 Å². The summed E-state index contributed by atoms with van der Waals surface area (Å²) in [5, 5.41) is 6.43. The number of oxazole rings is 1. The second kappa shape index (κ2) is 7.78. The predicted octanol–water partition coefficient (Wildman–Crippen LogP) is 1.38. The van der Waals surface area contributed by atoms with E-state index in [-0.39, 0.29) is 6.04 Å². The van der Waals surface area contributed by atoms with Gasteiger partial charge in [-0.05, 0) is 27.7 Å². The van der Waals surface area contributed by atoms with Gasteiger partial charge in [0.05, 0.1) is 12.3 Å². The lowest BCUT2D eigenvalue weighted by atomic mass is 10.4. The molecule has 0 aliphatic carbocycles. The molecule has 0 amide bonds. The van der Waals surface area contributed by atoms with E-state index in [0.29, 0.717) is 19.0 Å². The maximum absolute atomic E-state index is 5.50. The number of methoxy groups -OCH3 is 1. The Balaban J connectivity index is 2.61.